The van der Waals surface area contributed by atoms with Crippen molar-refractivity contribution < 1.29 is 14.3 Å². The van der Waals surface area contributed by atoms with Crippen molar-refractivity contribution >= 4 is 23.2 Å². The molecular formula is C23H30N2O3S. The van der Waals surface area contributed by atoms with Crippen molar-refractivity contribution in [3.63, 3.8) is 0 Å². The lowest BCUT2D eigenvalue weighted by Gasteiger charge is -2.21. The minimum absolute atomic E-state index is 0.0237. The molecular weight excluding hydrogens is 384 g/mol. The number of para-hydroxylation sites is 1. The number of benzene rings is 1. The summed E-state index contributed by atoms with van der Waals surface area (Å²) in [5.74, 6) is 0.618. The summed E-state index contributed by atoms with van der Waals surface area (Å²) in [4.78, 5) is 29.0. The van der Waals surface area contributed by atoms with Crippen molar-refractivity contribution in [3.8, 4) is 5.75 Å². The lowest BCUT2D eigenvalue weighted by atomic mass is 10.0. The molecule has 1 saturated heterocycles. The predicted octanol–water partition coefficient (Wildman–Crippen LogP) is 4.50. The number of carbonyl (C=O) groups excluding carboxylic acids is 2. The van der Waals surface area contributed by atoms with Crippen LogP contribution in [0, 0.1) is 6.92 Å². The maximum Gasteiger partial charge on any atom is 0.261 e. The number of aryl methyl sites for hydroxylation is 2. The number of thiophene rings is 1. The van der Waals surface area contributed by atoms with Gasteiger partial charge in [-0.3, -0.25) is 9.59 Å². The second-order valence-electron chi connectivity index (χ2n) is 7.42. The van der Waals surface area contributed by atoms with Crippen molar-refractivity contribution in [2.24, 2.45) is 0 Å². The number of nitrogens with zero attached hydrogens (tertiary/aromatic N) is 1. The summed E-state index contributed by atoms with van der Waals surface area (Å²) in [6.07, 6.45) is 3.79. The van der Waals surface area contributed by atoms with Crippen molar-refractivity contribution in [2.45, 2.75) is 52.5 Å². The molecule has 1 unspecified atom stereocenters. The molecule has 156 valence electrons. The predicted molar refractivity (Wildman–Crippen MR) is 117 cm³/mol. The Morgan fingerprint density at radius 3 is 2.59 bits per heavy atom. The molecule has 0 spiro atoms. The molecule has 1 aliphatic rings. The van der Waals surface area contributed by atoms with Crippen LogP contribution in [0.1, 0.15) is 64.8 Å². The van der Waals surface area contributed by atoms with Crippen LogP contribution in [0.2, 0.25) is 0 Å². The molecule has 0 aliphatic carbocycles. The van der Waals surface area contributed by atoms with Crippen LogP contribution in [0.15, 0.2) is 30.3 Å². The van der Waals surface area contributed by atoms with Gasteiger partial charge >= 0.3 is 0 Å². The van der Waals surface area contributed by atoms with E-state index in [0.29, 0.717) is 5.75 Å². The normalized spacial score (nSPS) is 14.7. The molecule has 2 amide bonds. The minimum Gasteiger partial charge on any atom is -0.483 e. The lowest BCUT2D eigenvalue weighted by molar-refractivity contribution is -0.132. The quantitative estimate of drug-likeness (QED) is 0.692. The highest BCUT2D eigenvalue weighted by molar-refractivity contribution is 7.14. The zero-order valence-corrected chi connectivity index (χ0v) is 18.3. The Morgan fingerprint density at radius 2 is 1.93 bits per heavy atom. The number of nitrogens with one attached hydrogen (secondary N) is 1. The van der Waals surface area contributed by atoms with Gasteiger partial charge in [-0.15, -0.1) is 11.3 Å². The molecule has 0 bridgehead atoms. The maximum absolute atomic E-state index is 12.8. The molecule has 1 aromatic carbocycles. The van der Waals surface area contributed by atoms with Crippen LogP contribution in [0.5, 0.6) is 5.75 Å². The molecule has 29 heavy (non-hydrogen) atoms. The van der Waals surface area contributed by atoms with Gasteiger partial charge in [0.2, 0.25) is 0 Å². The number of carbonyl (C=O) groups is 2. The highest BCUT2D eigenvalue weighted by Crippen LogP contribution is 2.29. The molecule has 1 aliphatic heterocycles. The summed E-state index contributed by atoms with van der Waals surface area (Å²) in [5, 5.41) is 3.14. The fourth-order valence-electron chi connectivity index (χ4n) is 3.71. The molecule has 6 heteroatoms. The Hall–Kier alpha value is -2.34. The van der Waals surface area contributed by atoms with E-state index in [0.717, 1.165) is 49.2 Å². The molecule has 1 fully saturated rings. The van der Waals surface area contributed by atoms with Gasteiger partial charge in [0.05, 0.1) is 10.9 Å². The first-order chi connectivity index (χ1) is 14.0. The van der Waals surface area contributed by atoms with Crippen molar-refractivity contribution in [3.05, 3.63) is 51.2 Å². The van der Waals surface area contributed by atoms with E-state index in [2.05, 4.69) is 12.2 Å². The number of likely N-dealkylation sites (tertiary alicyclic amines) is 1. The van der Waals surface area contributed by atoms with Crippen LogP contribution in [0.3, 0.4) is 0 Å². The number of rotatable bonds is 8. The van der Waals surface area contributed by atoms with Crippen LogP contribution in [-0.4, -0.2) is 36.4 Å². The van der Waals surface area contributed by atoms with Crippen molar-refractivity contribution in [1.82, 2.24) is 10.2 Å². The molecule has 1 atom stereocenters. The topological polar surface area (TPSA) is 58.6 Å². The Balaban J connectivity index is 1.70. The van der Waals surface area contributed by atoms with Gasteiger partial charge in [0.15, 0.2) is 6.61 Å². The average molecular weight is 415 g/mol. The molecule has 3 rings (SSSR count). The van der Waals surface area contributed by atoms with Gasteiger partial charge in [-0.1, -0.05) is 32.0 Å². The highest BCUT2D eigenvalue weighted by atomic mass is 32.1. The summed E-state index contributed by atoms with van der Waals surface area (Å²) in [5.41, 5.74) is 2.07. The van der Waals surface area contributed by atoms with Gasteiger partial charge in [-0.25, -0.2) is 0 Å². The third-order valence-electron chi connectivity index (χ3n) is 5.38. The average Bonchev–Trinajstić information content (AvgIpc) is 3.40. The van der Waals surface area contributed by atoms with E-state index in [-0.39, 0.29) is 24.5 Å². The van der Waals surface area contributed by atoms with Gasteiger partial charge in [-0.05, 0) is 50.3 Å². The highest BCUT2D eigenvalue weighted by Gasteiger charge is 2.22. The number of ether oxygens (including phenoxy) is 1. The van der Waals surface area contributed by atoms with E-state index < -0.39 is 0 Å². The summed E-state index contributed by atoms with van der Waals surface area (Å²) < 4.78 is 5.88. The summed E-state index contributed by atoms with van der Waals surface area (Å²) >= 11 is 1.55. The molecule has 2 heterocycles. The fourth-order valence-corrected chi connectivity index (χ4v) is 4.73. The Morgan fingerprint density at radius 1 is 1.21 bits per heavy atom. The molecule has 1 aromatic heterocycles. The first-order valence-corrected chi connectivity index (χ1v) is 11.2. The summed E-state index contributed by atoms with van der Waals surface area (Å²) in [7, 11) is 0. The van der Waals surface area contributed by atoms with E-state index in [1.54, 1.807) is 11.3 Å². The van der Waals surface area contributed by atoms with E-state index in [9.17, 15) is 9.59 Å². The number of amides is 2. The largest absolute Gasteiger partial charge is 0.483 e. The second kappa shape index (κ2) is 9.92. The molecule has 0 saturated carbocycles. The standard InChI is InChI=1S/C23H30N2O3S/c1-4-18(24-23(27)21-14-16(3)20(5-2)29-21)17-10-6-7-11-19(17)28-15-22(26)25-12-8-9-13-25/h6-7,10-11,14,18H,4-5,8-9,12-13,15H2,1-3H3,(H,24,27). The Bertz CT molecular complexity index is 856. The first kappa shape index (κ1) is 21.4. The van der Waals surface area contributed by atoms with Crippen molar-refractivity contribution in [1.29, 1.82) is 0 Å². The lowest BCUT2D eigenvalue weighted by Crippen LogP contribution is -2.32. The van der Waals surface area contributed by atoms with Gasteiger partial charge in [0.1, 0.15) is 5.75 Å². The van der Waals surface area contributed by atoms with Crippen LogP contribution in [-0.2, 0) is 11.2 Å². The SMILES string of the molecule is CCc1sc(C(=O)NC(CC)c2ccccc2OCC(=O)N2CCCC2)cc1C. The van der Waals surface area contributed by atoms with Gasteiger partial charge in [0, 0.05) is 23.5 Å². The minimum atomic E-state index is -0.173. The number of hydrogen-bond acceptors (Lipinski definition) is 4. The van der Waals surface area contributed by atoms with Crippen LogP contribution in [0.25, 0.3) is 0 Å². The fraction of sp³-hybridized carbons (Fsp3) is 0.478. The second-order valence-corrected chi connectivity index (χ2v) is 8.56. The molecule has 0 radical (unpaired) electrons. The first-order valence-electron chi connectivity index (χ1n) is 10.4. The zero-order valence-electron chi connectivity index (χ0n) is 17.5. The van der Waals surface area contributed by atoms with Crippen LogP contribution in [0.4, 0.5) is 0 Å². The van der Waals surface area contributed by atoms with Crippen LogP contribution >= 0.6 is 11.3 Å². The van der Waals surface area contributed by atoms with Gasteiger partial charge < -0.3 is 15.0 Å². The molecule has 2 aromatic rings. The third kappa shape index (κ3) is 5.18. The summed E-state index contributed by atoms with van der Waals surface area (Å²) in [6.45, 7) is 7.85. The van der Waals surface area contributed by atoms with Gasteiger partial charge in [0.25, 0.3) is 11.8 Å². The maximum atomic E-state index is 12.8. The van der Waals surface area contributed by atoms with Crippen molar-refractivity contribution in [2.75, 3.05) is 19.7 Å². The smallest absolute Gasteiger partial charge is 0.261 e. The molecule has 1 N–H and O–H groups in total. The van der Waals surface area contributed by atoms with E-state index in [1.807, 2.05) is 49.1 Å². The third-order valence-corrected chi connectivity index (χ3v) is 6.76. The summed E-state index contributed by atoms with van der Waals surface area (Å²) in [6, 6.07) is 9.44. The zero-order chi connectivity index (χ0) is 20.8. The Labute approximate surface area is 177 Å². The van der Waals surface area contributed by atoms with E-state index in [4.69, 9.17) is 4.74 Å². The van der Waals surface area contributed by atoms with Gasteiger partial charge in [-0.2, -0.15) is 0 Å². The number of hydrogen-bond donors (Lipinski definition) is 1. The van der Waals surface area contributed by atoms with E-state index in [1.165, 1.54) is 10.4 Å². The Kier molecular flexibility index (Phi) is 7.31. The monoisotopic (exact) mass is 414 g/mol. The van der Waals surface area contributed by atoms with Crippen LogP contribution < -0.4 is 10.1 Å². The molecule has 5 nitrogen and oxygen atoms in total. The van der Waals surface area contributed by atoms with E-state index >= 15 is 0 Å².